The Labute approximate surface area is 175 Å². The van der Waals surface area contributed by atoms with Gasteiger partial charge in [-0.2, -0.15) is 4.98 Å². The first-order valence-corrected chi connectivity index (χ1v) is 10.8. The second-order valence-electron chi connectivity index (χ2n) is 6.81. The topological polar surface area (TPSA) is 114 Å². The van der Waals surface area contributed by atoms with Crippen LogP contribution in [0.2, 0.25) is 0 Å². The Bertz CT molecular complexity index is 1250. The molecule has 0 spiro atoms. The first-order valence-electron chi connectivity index (χ1n) is 9.20. The maximum atomic E-state index is 12.8. The van der Waals surface area contributed by atoms with E-state index in [2.05, 4.69) is 25.2 Å². The van der Waals surface area contributed by atoms with Gasteiger partial charge in [-0.05, 0) is 37.6 Å². The van der Waals surface area contributed by atoms with E-state index in [9.17, 15) is 9.00 Å². The van der Waals surface area contributed by atoms with Crippen LogP contribution >= 0.6 is 0 Å². The van der Waals surface area contributed by atoms with Crippen molar-refractivity contribution in [3.63, 3.8) is 0 Å². The number of aryl methyl sites for hydroxylation is 1. The fourth-order valence-electron chi connectivity index (χ4n) is 3.01. The van der Waals surface area contributed by atoms with Crippen LogP contribution in [0.5, 0.6) is 0 Å². The summed E-state index contributed by atoms with van der Waals surface area (Å²) in [7, 11) is -1.20. The molecule has 1 amide bonds. The molecular formula is C20H20N6O3S. The lowest BCUT2D eigenvalue weighted by atomic mass is 10.1. The van der Waals surface area contributed by atoms with E-state index in [1.54, 1.807) is 29.8 Å². The molecule has 2 unspecified atom stereocenters. The molecule has 0 aliphatic rings. The maximum absolute atomic E-state index is 12.8. The summed E-state index contributed by atoms with van der Waals surface area (Å²) >= 11 is 0. The molecule has 0 aliphatic heterocycles. The number of hydrogen-bond donors (Lipinski definition) is 2. The molecule has 3 aromatic heterocycles. The summed E-state index contributed by atoms with van der Waals surface area (Å²) in [5.41, 5.74) is 3.35. The highest BCUT2D eigenvalue weighted by Crippen LogP contribution is 2.25. The third-order valence-electron chi connectivity index (χ3n) is 4.55. The van der Waals surface area contributed by atoms with E-state index >= 15 is 0 Å². The number of aromatic nitrogens is 4. The molecule has 0 saturated heterocycles. The van der Waals surface area contributed by atoms with Gasteiger partial charge in [0, 0.05) is 23.7 Å². The summed E-state index contributed by atoms with van der Waals surface area (Å²) in [6.07, 6.45) is 4.87. The van der Waals surface area contributed by atoms with Crippen molar-refractivity contribution in [1.29, 1.82) is 0 Å². The highest BCUT2D eigenvalue weighted by atomic mass is 32.2. The predicted molar refractivity (Wildman–Crippen MR) is 113 cm³/mol. The van der Waals surface area contributed by atoms with Gasteiger partial charge >= 0.3 is 0 Å². The van der Waals surface area contributed by atoms with Crippen LogP contribution in [0.25, 0.3) is 17.0 Å². The van der Waals surface area contributed by atoms with Gasteiger partial charge in [0.25, 0.3) is 5.91 Å². The van der Waals surface area contributed by atoms with Crippen molar-refractivity contribution < 1.29 is 13.5 Å². The Morgan fingerprint density at radius 3 is 2.90 bits per heavy atom. The fraction of sp³-hybridized carbons (Fsp3) is 0.200. The van der Waals surface area contributed by atoms with Crippen molar-refractivity contribution in [1.82, 2.24) is 24.2 Å². The van der Waals surface area contributed by atoms with Crippen molar-refractivity contribution in [2.45, 2.75) is 19.9 Å². The standard InChI is InChI=1S/C20H20N6O3S/c1-12-7-8-14(18-23-20(29-24-18)13(2)25-30(3)28)10-15(12)22-19(27)16-11-21-17-6-4-5-9-26(16)17/h4-11,13,25H,1-3H3,(H,22,27). The number of nitrogens with zero attached hydrogens (tertiary/aromatic N) is 4. The summed E-state index contributed by atoms with van der Waals surface area (Å²) in [4.78, 5) is 21.4. The number of carbonyl (C=O) groups is 1. The van der Waals surface area contributed by atoms with E-state index in [0.29, 0.717) is 34.3 Å². The molecule has 3 heterocycles. The van der Waals surface area contributed by atoms with Crippen molar-refractivity contribution in [2.75, 3.05) is 11.6 Å². The maximum Gasteiger partial charge on any atom is 0.274 e. The highest BCUT2D eigenvalue weighted by molar-refractivity contribution is 7.82. The Morgan fingerprint density at radius 1 is 1.27 bits per heavy atom. The molecule has 1 aromatic carbocycles. The Hall–Kier alpha value is -3.37. The third kappa shape index (κ3) is 4.00. The molecule has 0 radical (unpaired) electrons. The molecule has 2 N–H and O–H groups in total. The number of imidazole rings is 1. The average molecular weight is 424 g/mol. The van der Waals surface area contributed by atoms with Crippen LogP contribution in [0.1, 0.15) is 34.9 Å². The second-order valence-corrected chi connectivity index (χ2v) is 7.95. The van der Waals surface area contributed by atoms with E-state index in [0.717, 1.165) is 5.56 Å². The molecule has 30 heavy (non-hydrogen) atoms. The fourth-order valence-corrected chi connectivity index (χ4v) is 3.61. The quantitative estimate of drug-likeness (QED) is 0.492. The summed E-state index contributed by atoms with van der Waals surface area (Å²) in [5.74, 6) is 0.439. The number of rotatable bonds is 6. The van der Waals surface area contributed by atoms with E-state index in [-0.39, 0.29) is 11.9 Å². The molecule has 0 fully saturated rings. The van der Waals surface area contributed by atoms with Gasteiger partial charge in [-0.1, -0.05) is 23.4 Å². The second kappa shape index (κ2) is 8.17. The predicted octanol–water partition coefficient (Wildman–Crippen LogP) is 2.89. The minimum Gasteiger partial charge on any atom is -0.337 e. The van der Waals surface area contributed by atoms with Crippen molar-refractivity contribution in [3.8, 4) is 11.4 Å². The molecule has 0 saturated carbocycles. The molecule has 0 aliphatic carbocycles. The lowest BCUT2D eigenvalue weighted by Crippen LogP contribution is -2.20. The van der Waals surface area contributed by atoms with Crippen LogP contribution in [0.15, 0.2) is 53.3 Å². The Kier molecular flexibility index (Phi) is 5.42. The zero-order chi connectivity index (χ0) is 21.3. The summed E-state index contributed by atoms with van der Waals surface area (Å²) < 4.78 is 21.2. The molecule has 10 heteroatoms. The van der Waals surface area contributed by atoms with Gasteiger partial charge in [-0.3, -0.25) is 9.20 Å². The van der Waals surface area contributed by atoms with Gasteiger partial charge in [0.2, 0.25) is 11.7 Å². The number of pyridine rings is 1. The third-order valence-corrected chi connectivity index (χ3v) is 5.23. The first kappa shape index (κ1) is 19.9. The number of benzene rings is 1. The van der Waals surface area contributed by atoms with E-state index < -0.39 is 11.0 Å². The van der Waals surface area contributed by atoms with E-state index in [4.69, 9.17) is 4.52 Å². The smallest absolute Gasteiger partial charge is 0.274 e. The minimum atomic E-state index is -1.20. The van der Waals surface area contributed by atoms with Gasteiger partial charge in [0.1, 0.15) is 11.3 Å². The van der Waals surface area contributed by atoms with Gasteiger partial charge in [0.15, 0.2) is 0 Å². The van der Waals surface area contributed by atoms with Gasteiger partial charge < -0.3 is 9.84 Å². The molecule has 2 atom stereocenters. The molecule has 0 bridgehead atoms. The molecule has 154 valence electrons. The van der Waals surface area contributed by atoms with Crippen molar-refractivity contribution in [3.05, 3.63) is 65.9 Å². The lowest BCUT2D eigenvalue weighted by molar-refractivity contribution is 0.102. The normalized spacial score (nSPS) is 13.3. The van der Waals surface area contributed by atoms with Crippen molar-refractivity contribution >= 4 is 28.2 Å². The SMILES string of the molecule is Cc1ccc(-c2noc(C(C)NS(C)=O)n2)cc1NC(=O)c1cnc2ccccn12. The van der Waals surface area contributed by atoms with E-state index in [1.807, 2.05) is 37.3 Å². The summed E-state index contributed by atoms with van der Waals surface area (Å²) in [6, 6.07) is 10.7. The molecular weight excluding hydrogens is 404 g/mol. The molecule has 4 aromatic rings. The van der Waals surface area contributed by atoms with Crippen LogP contribution in [0.4, 0.5) is 5.69 Å². The summed E-state index contributed by atoms with van der Waals surface area (Å²) in [5, 5.41) is 6.94. The summed E-state index contributed by atoms with van der Waals surface area (Å²) in [6.45, 7) is 3.69. The zero-order valence-electron chi connectivity index (χ0n) is 16.6. The Balaban J connectivity index is 1.59. The first-order chi connectivity index (χ1) is 14.4. The van der Waals surface area contributed by atoms with Crippen LogP contribution < -0.4 is 10.0 Å². The van der Waals surface area contributed by atoms with Gasteiger partial charge in [-0.25, -0.2) is 13.9 Å². The van der Waals surface area contributed by atoms with Crippen LogP contribution in [-0.2, 0) is 11.0 Å². The van der Waals surface area contributed by atoms with Crippen LogP contribution in [-0.4, -0.2) is 35.9 Å². The van der Waals surface area contributed by atoms with E-state index in [1.165, 1.54) is 6.26 Å². The van der Waals surface area contributed by atoms with Crippen LogP contribution in [0, 0.1) is 6.92 Å². The number of anilines is 1. The zero-order valence-corrected chi connectivity index (χ0v) is 17.4. The number of amides is 1. The monoisotopic (exact) mass is 424 g/mol. The average Bonchev–Trinajstić information content (AvgIpc) is 3.36. The number of hydrogen-bond acceptors (Lipinski definition) is 6. The molecule has 4 rings (SSSR count). The van der Waals surface area contributed by atoms with Crippen LogP contribution in [0.3, 0.4) is 0 Å². The minimum absolute atomic E-state index is 0.272. The van der Waals surface area contributed by atoms with Gasteiger partial charge in [-0.15, -0.1) is 0 Å². The molecule has 9 nitrogen and oxygen atoms in total. The Morgan fingerprint density at radius 2 is 2.10 bits per heavy atom. The number of fused-ring (bicyclic) bond motifs is 1. The number of nitrogens with one attached hydrogen (secondary N) is 2. The lowest BCUT2D eigenvalue weighted by Gasteiger charge is -2.09. The highest BCUT2D eigenvalue weighted by Gasteiger charge is 2.18. The van der Waals surface area contributed by atoms with Crippen molar-refractivity contribution in [2.24, 2.45) is 0 Å². The largest absolute Gasteiger partial charge is 0.337 e. The number of carbonyl (C=O) groups excluding carboxylic acids is 1. The van der Waals surface area contributed by atoms with Gasteiger partial charge in [0.05, 0.1) is 23.2 Å².